The van der Waals surface area contributed by atoms with Crippen molar-refractivity contribution < 1.29 is 9.90 Å². The Kier molecular flexibility index (Phi) is 4.05. The van der Waals surface area contributed by atoms with E-state index in [4.69, 9.17) is 10.8 Å². The number of pyridine rings is 1. The van der Waals surface area contributed by atoms with Gasteiger partial charge < -0.3 is 16.2 Å². The Morgan fingerprint density at radius 2 is 2.40 bits per heavy atom. The number of aliphatic hydroxyl groups is 1. The molecule has 82 valence electrons. The normalized spacial score (nSPS) is 12.1. The summed E-state index contributed by atoms with van der Waals surface area (Å²) in [5.41, 5.74) is 6.69. The predicted octanol–water partition coefficient (Wildman–Crippen LogP) is -0.297. The van der Waals surface area contributed by atoms with Gasteiger partial charge in [0, 0.05) is 12.2 Å². The van der Waals surface area contributed by atoms with Gasteiger partial charge in [0.15, 0.2) is 0 Å². The maximum atomic E-state index is 11.3. The topological polar surface area (TPSA) is 88.2 Å². The Bertz CT molecular complexity index is 322. The minimum absolute atomic E-state index is 0.159. The molecular weight excluding hydrogens is 194 g/mol. The summed E-state index contributed by atoms with van der Waals surface area (Å²) < 4.78 is 0. The zero-order valence-corrected chi connectivity index (χ0v) is 8.60. The van der Waals surface area contributed by atoms with Crippen LogP contribution in [0.25, 0.3) is 0 Å². The standard InChI is InChI=1S/C10H15N3O2/c1-7(14)5-13-10(15)4-9-3-2-8(11)6-12-9/h2-3,6-7,14H,4-5,11H2,1H3,(H,13,15)/t7-/m1/s1. The van der Waals surface area contributed by atoms with Crippen LogP contribution in [0.15, 0.2) is 18.3 Å². The molecule has 1 amide bonds. The summed E-state index contributed by atoms with van der Waals surface area (Å²) >= 11 is 0. The van der Waals surface area contributed by atoms with Crippen molar-refractivity contribution in [3.63, 3.8) is 0 Å². The maximum absolute atomic E-state index is 11.3. The van der Waals surface area contributed by atoms with E-state index in [0.717, 1.165) is 0 Å². The third-order valence-electron chi connectivity index (χ3n) is 1.78. The highest BCUT2D eigenvalue weighted by Gasteiger charge is 2.04. The molecule has 1 aromatic rings. The number of nitrogen functional groups attached to an aromatic ring is 1. The van der Waals surface area contributed by atoms with E-state index in [-0.39, 0.29) is 18.9 Å². The number of amides is 1. The molecule has 4 N–H and O–H groups in total. The number of nitrogens with zero attached hydrogens (tertiary/aromatic N) is 1. The molecule has 1 heterocycles. The summed E-state index contributed by atoms with van der Waals surface area (Å²) in [4.78, 5) is 15.3. The van der Waals surface area contributed by atoms with Crippen molar-refractivity contribution in [2.75, 3.05) is 12.3 Å². The number of aliphatic hydroxyl groups excluding tert-OH is 1. The Balaban J connectivity index is 2.41. The molecule has 0 aliphatic heterocycles. The van der Waals surface area contributed by atoms with E-state index in [0.29, 0.717) is 11.4 Å². The molecule has 5 heteroatoms. The van der Waals surface area contributed by atoms with Gasteiger partial charge in [0.2, 0.25) is 5.91 Å². The van der Waals surface area contributed by atoms with Crippen molar-refractivity contribution >= 4 is 11.6 Å². The van der Waals surface area contributed by atoms with Gasteiger partial charge in [-0.2, -0.15) is 0 Å². The first-order valence-electron chi connectivity index (χ1n) is 4.73. The molecule has 0 unspecified atom stereocenters. The van der Waals surface area contributed by atoms with Gasteiger partial charge in [-0.25, -0.2) is 0 Å². The first-order valence-corrected chi connectivity index (χ1v) is 4.73. The Labute approximate surface area is 88.3 Å². The monoisotopic (exact) mass is 209 g/mol. The molecule has 15 heavy (non-hydrogen) atoms. The number of hydrogen-bond donors (Lipinski definition) is 3. The lowest BCUT2D eigenvalue weighted by atomic mass is 10.2. The fourth-order valence-electron chi connectivity index (χ4n) is 1.03. The van der Waals surface area contributed by atoms with Crippen molar-refractivity contribution in [3.05, 3.63) is 24.0 Å². The Morgan fingerprint density at radius 3 is 2.93 bits per heavy atom. The van der Waals surface area contributed by atoms with Crippen LogP contribution in [0, 0.1) is 0 Å². The molecule has 0 saturated heterocycles. The summed E-state index contributed by atoms with van der Waals surface area (Å²) in [6, 6.07) is 3.40. The van der Waals surface area contributed by atoms with Gasteiger partial charge in [-0.15, -0.1) is 0 Å². The first-order chi connectivity index (χ1) is 7.08. The molecule has 0 saturated carbocycles. The number of rotatable bonds is 4. The molecule has 0 aromatic carbocycles. The van der Waals surface area contributed by atoms with Crippen molar-refractivity contribution in [1.29, 1.82) is 0 Å². The van der Waals surface area contributed by atoms with Crippen molar-refractivity contribution in [2.45, 2.75) is 19.4 Å². The van der Waals surface area contributed by atoms with Crippen LogP contribution in [-0.4, -0.2) is 28.6 Å². The van der Waals surface area contributed by atoms with Crippen LogP contribution >= 0.6 is 0 Å². The van der Waals surface area contributed by atoms with Crippen LogP contribution in [0.1, 0.15) is 12.6 Å². The van der Waals surface area contributed by atoms with E-state index < -0.39 is 6.10 Å². The zero-order chi connectivity index (χ0) is 11.3. The summed E-state index contributed by atoms with van der Waals surface area (Å²) in [6.07, 6.45) is 1.18. The second-order valence-corrected chi connectivity index (χ2v) is 3.41. The van der Waals surface area contributed by atoms with Gasteiger partial charge >= 0.3 is 0 Å². The van der Waals surface area contributed by atoms with Crippen molar-refractivity contribution in [3.8, 4) is 0 Å². The van der Waals surface area contributed by atoms with Crippen LogP contribution in [-0.2, 0) is 11.2 Å². The third-order valence-corrected chi connectivity index (χ3v) is 1.78. The minimum atomic E-state index is -0.534. The third kappa shape index (κ3) is 4.42. The average Bonchev–Trinajstić information content (AvgIpc) is 2.19. The molecular formula is C10H15N3O2. The molecule has 5 nitrogen and oxygen atoms in total. The predicted molar refractivity (Wildman–Crippen MR) is 57.0 cm³/mol. The van der Waals surface area contributed by atoms with Crippen molar-refractivity contribution in [2.24, 2.45) is 0 Å². The lowest BCUT2D eigenvalue weighted by molar-refractivity contribution is -0.120. The second-order valence-electron chi connectivity index (χ2n) is 3.41. The summed E-state index contributed by atoms with van der Waals surface area (Å²) in [5.74, 6) is -0.159. The van der Waals surface area contributed by atoms with E-state index in [1.165, 1.54) is 6.20 Å². The van der Waals surface area contributed by atoms with Gasteiger partial charge in [0.05, 0.1) is 24.4 Å². The second kappa shape index (κ2) is 5.31. The molecule has 0 aliphatic carbocycles. The molecule has 1 atom stereocenters. The quantitative estimate of drug-likeness (QED) is 0.635. The van der Waals surface area contributed by atoms with Gasteiger partial charge in [-0.1, -0.05) is 0 Å². The van der Waals surface area contributed by atoms with E-state index in [1.807, 2.05) is 0 Å². The van der Waals surface area contributed by atoms with Crippen LogP contribution in [0.5, 0.6) is 0 Å². The van der Waals surface area contributed by atoms with Gasteiger partial charge in [-0.05, 0) is 19.1 Å². The van der Waals surface area contributed by atoms with E-state index in [2.05, 4.69) is 10.3 Å². The van der Waals surface area contributed by atoms with Crippen LogP contribution in [0.3, 0.4) is 0 Å². The SMILES string of the molecule is C[C@@H](O)CNC(=O)Cc1ccc(N)cn1. The lowest BCUT2D eigenvalue weighted by Gasteiger charge is -2.06. The summed E-state index contributed by atoms with van der Waals surface area (Å²) in [7, 11) is 0. The first kappa shape index (κ1) is 11.5. The number of nitrogens with two attached hydrogens (primary N) is 1. The largest absolute Gasteiger partial charge is 0.397 e. The Hall–Kier alpha value is -1.62. The molecule has 0 aliphatic rings. The number of anilines is 1. The van der Waals surface area contributed by atoms with Gasteiger partial charge in [-0.3, -0.25) is 9.78 Å². The molecule has 1 rings (SSSR count). The molecule has 0 bridgehead atoms. The number of carbonyl (C=O) groups excluding carboxylic acids is 1. The van der Waals surface area contributed by atoms with Gasteiger partial charge in [0.25, 0.3) is 0 Å². The summed E-state index contributed by atoms with van der Waals surface area (Å²) in [6.45, 7) is 1.87. The minimum Gasteiger partial charge on any atom is -0.397 e. The summed E-state index contributed by atoms with van der Waals surface area (Å²) in [5, 5.41) is 11.5. The highest BCUT2D eigenvalue weighted by molar-refractivity contribution is 5.78. The van der Waals surface area contributed by atoms with E-state index in [1.54, 1.807) is 19.1 Å². The smallest absolute Gasteiger partial charge is 0.226 e. The molecule has 0 radical (unpaired) electrons. The van der Waals surface area contributed by atoms with Crippen molar-refractivity contribution in [1.82, 2.24) is 10.3 Å². The van der Waals surface area contributed by atoms with Gasteiger partial charge in [0.1, 0.15) is 0 Å². The fraction of sp³-hybridized carbons (Fsp3) is 0.400. The molecule has 0 spiro atoms. The lowest BCUT2D eigenvalue weighted by Crippen LogP contribution is -2.31. The fourth-order valence-corrected chi connectivity index (χ4v) is 1.03. The number of carbonyl (C=O) groups is 1. The maximum Gasteiger partial charge on any atom is 0.226 e. The van der Waals surface area contributed by atoms with Crippen LogP contribution in [0.2, 0.25) is 0 Å². The Morgan fingerprint density at radius 1 is 1.67 bits per heavy atom. The number of nitrogens with one attached hydrogen (secondary N) is 1. The molecule has 1 aromatic heterocycles. The highest BCUT2D eigenvalue weighted by Crippen LogP contribution is 2.01. The number of hydrogen-bond acceptors (Lipinski definition) is 4. The highest BCUT2D eigenvalue weighted by atomic mass is 16.3. The van der Waals surface area contributed by atoms with E-state index in [9.17, 15) is 4.79 Å². The number of aromatic nitrogens is 1. The van der Waals surface area contributed by atoms with E-state index >= 15 is 0 Å². The zero-order valence-electron chi connectivity index (χ0n) is 8.60. The average molecular weight is 209 g/mol. The van der Waals surface area contributed by atoms with Crippen LogP contribution < -0.4 is 11.1 Å². The molecule has 0 fully saturated rings. The van der Waals surface area contributed by atoms with Crippen LogP contribution in [0.4, 0.5) is 5.69 Å².